The zero-order chi connectivity index (χ0) is 38.1. The van der Waals surface area contributed by atoms with Gasteiger partial charge in [-0.1, -0.05) is 190 Å². The topological polar surface area (TPSA) is 25.8 Å². The molecule has 0 spiro atoms. The van der Waals surface area contributed by atoms with Crippen molar-refractivity contribution in [2.45, 2.75) is 19.3 Å². The largest absolute Gasteiger partial charge is 0.228 e. The van der Waals surface area contributed by atoms with Crippen LogP contribution in [0.25, 0.3) is 99.6 Å². The van der Waals surface area contributed by atoms with Crippen LogP contribution in [0.3, 0.4) is 0 Å². The number of benzene rings is 9. The number of hydrogen-bond donors (Lipinski definition) is 0. The van der Waals surface area contributed by atoms with Gasteiger partial charge in [0.15, 0.2) is 5.82 Å². The summed E-state index contributed by atoms with van der Waals surface area (Å²) in [6.07, 6.45) is 0. The molecule has 57 heavy (non-hydrogen) atoms. The van der Waals surface area contributed by atoms with Crippen LogP contribution in [0.1, 0.15) is 25.0 Å². The second-order valence-electron chi connectivity index (χ2n) is 15.7. The minimum absolute atomic E-state index is 0.0962. The van der Waals surface area contributed by atoms with E-state index in [0.29, 0.717) is 5.82 Å². The quantitative estimate of drug-likeness (QED) is 0.176. The van der Waals surface area contributed by atoms with Gasteiger partial charge in [0, 0.05) is 22.1 Å². The third-order valence-corrected chi connectivity index (χ3v) is 12.1. The predicted molar refractivity (Wildman–Crippen MR) is 239 cm³/mol. The molecule has 1 aromatic heterocycles. The standard InChI is InChI=1S/C55H38N2/c1-55(2)50-27-10-9-23-46(50)48-25-13-24-43(53(48)55)39-19-11-18-38(33-39)42-30-31-47(45-22-8-7-21-44(42)45)52-34-51(40-29-28-35-14-3-4-16-37(35)32-40)56-54(57-52)49-26-12-17-36-15-5-6-20-41(36)49/h3-34H,1-2H3. The van der Waals surface area contributed by atoms with Gasteiger partial charge in [-0.3, -0.25) is 0 Å². The molecule has 0 saturated heterocycles. The van der Waals surface area contributed by atoms with Gasteiger partial charge in [-0.2, -0.15) is 0 Å². The van der Waals surface area contributed by atoms with Crippen LogP contribution >= 0.6 is 0 Å². The molecule has 1 aliphatic rings. The highest BCUT2D eigenvalue weighted by Crippen LogP contribution is 2.52. The molecule has 0 fully saturated rings. The summed E-state index contributed by atoms with van der Waals surface area (Å²) in [5, 5.41) is 7.05. The minimum atomic E-state index is -0.0962. The van der Waals surface area contributed by atoms with Crippen molar-refractivity contribution in [2.75, 3.05) is 0 Å². The Hall–Kier alpha value is -7.16. The lowest BCUT2D eigenvalue weighted by molar-refractivity contribution is 0.662. The third-order valence-electron chi connectivity index (χ3n) is 12.1. The molecule has 11 rings (SSSR count). The Morgan fingerprint density at radius 3 is 1.77 bits per heavy atom. The van der Waals surface area contributed by atoms with E-state index in [0.717, 1.165) is 38.9 Å². The molecule has 1 heterocycles. The second-order valence-corrected chi connectivity index (χ2v) is 15.7. The zero-order valence-corrected chi connectivity index (χ0v) is 31.9. The molecule has 0 atom stereocenters. The SMILES string of the molecule is CC1(C)c2ccccc2-c2cccc(-c3cccc(-c4ccc(-c5cc(-c6ccc7ccccc7c6)nc(-c6cccc7ccccc67)n5)c5ccccc45)c3)c21. The van der Waals surface area contributed by atoms with E-state index in [4.69, 9.17) is 9.97 Å². The second kappa shape index (κ2) is 13.0. The summed E-state index contributed by atoms with van der Waals surface area (Å²) < 4.78 is 0. The molecular weight excluding hydrogens is 689 g/mol. The van der Waals surface area contributed by atoms with Crippen LogP contribution in [0.2, 0.25) is 0 Å². The molecule has 0 saturated carbocycles. The highest BCUT2D eigenvalue weighted by Gasteiger charge is 2.37. The van der Waals surface area contributed by atoms with Gasteiger partial charge in [0.2, 0.25) is 0 Å². The Morgan fingerprint density at radius 1 is 0.333 bits per heavy atom. The molecule has 9 aromatic carbocycles. The predicted octanol–water partition coefficient (Wildman–Crippen LogP) is 14.6. The summed E-state index contributed by atoms with van der Waals surface area (Å²) >= 11 is 0. The van der Waals surface area contributed by atoms with Crippen LogP contribution in [0.4, 0.5) is 0 Å². The van der Waals surface area contributed by atoms with Gasteiger partial charge in [-0.25, -0.2) is 9.97 Å². The molecule has 268 valence electrons. The number of hydrogen-bond acceptors (Lipinski definition) is 2. The fourth-order valence-electron chi connectivity index (χ4n) is 9.34. The van der Waals surface area contributed by atoms with Crippen molar-refractivity contribution in [3.05, 3.63) is 205 Å². The first-order valence-electron chi connectivity index (χ1n) is 19.7. The van der Waals surface area contributed by atoms with Crippen molar-refractivity contribution in [3.8, 4) is 67.3 Å². The first-order valence-corrected chi connectivity index (χ1v) is 19.7. The van der Waals surface area contributed by atoms with Gasteiger partial charge < -0.3 is 0 Å². The van der Waals surface area contributed by atoms with Gasteiger partial charge in [0.1, 0.15) is 0 Å². The molecule has 0 unspecified atom stereocenters. The van der Waals surface area contributed by atoms with Crippen molar-refractivity contribution >= 4 is 32.3 Å². The Labute approximate surface area is 332 Å². The van der Waals surface area contributed by atoms with E-state index in [1.54, 1.807) is 0 Å². The lowest BCUT2D eigenvalue weighted by atomic mass is 9.78. The van der Waals surface area contributed by atoms with Crippen molar-refractivity contribution in [3.63, 3.8) is 0 Å². The molecule has 10 aromatic rings. The van der Waals surface area contributed by atoms with Crippen LogP contribution in [-0.2, 0) is 5.41 Å². The summed E-state index contributed by atoms with van der Waals surface area (Å²) in [6, 6.07) is 70.2. The first kappa shape index (κ1) is 33.2. The Bertz CT molecular complexity index is 3220. The van der Waals surface area contributed by atoms with Crippen molar-refractivity contribution in [1.82, 2.24) is 9.97 Å². The van der Waals surface area contributed by atoms with Crippen molar-refractivity contribution < 1.29 is 0 Å². The van der Waals surface area contributed by atoms with E-state index in [-0.39, 0.29) is 5.41 Å². The van der Waals surface area contributed by atoms with E-state index < -0.39 is 0 Å². The maximum absolute atomic E-state index is 5.37. The maximum atomic E-state index is 5.37. The summed E-state index contributed by atoms with van der Waals surface area (Å²) in [5.74, 6) is 0.716. The number of rotatable bonds is 5. The average Bonchev–Trinajstić information content (AvgIpc) is 3.51. The van der Waals surface area contributed by atoms with E-state index in [2.05, 4.69) is 208 Å². The lowest BCUT2D eigenvalue weighted by Crippen LogP contribution is -2.16. The molecule has 2 heteroatoms. The van der Waals surface area contributed by atoms with Gasteiger partial charge in [-0.15, -0.1) is 0 Å². The van der Waals surface area contributed by atoms with E-state index >= 15 is 0 Å². The molecule has 0 radical (unpaired) electrons. The van der Waals surface area contributed by atoms with E-state index in [1.807, 2.05) is 0 Å². The molecule has 0 bridgehead atoms. The highest BCUT2D eigenvalue weighted by atomic mass is 14.9. The number of fused-ring (bicyclic) bond motifs is 6. The van der Waals surface area contributed by atoms with Crippen LogP contribution in [-0.4, -0.2) is 9.97 Å². The van der Waals surface area contributed by atoms with Crippen molar-refractivity contribution in [1.29, 1.82) is 0 Å². The van der Waals surface area contributed by atoms with Gasteiger partial charge in [0.05, 0.1) is 11.4 Å². The Morgan fingerprint density at radius 2 is 0.912 bits per heavy atom. The molecule has 2 nitrogen and oxygen atoms in total. The minimum Gasteiger partial charge on any atom is -0.228 e. The summed E-state index contributed by atoms with van der Waals surface area (Å²) in [7, 11) is 0. The summed E-state index contributed by atoms with van der Waals surface area (Å²) in [5.41, 5.74) is 15.2. The van der Waals surface area contributed by atoms with Gasteiger partial charge in [0.25, 0.3) is 0 Å². The molecular formula is C55H38N2. The van der Waals surface area contributed by atoms with Crippen LogP contribution < -0.4 is 0 Å². The highest BCUT2D eigenvalue weighted by molar-refractivity contribution is 6.05. The summed E-state index contributed by atoms with van der Waals surface area (Å²) in [6.45, 7) is 4.73. The normalized spacial score (nSPS) is 12.9. The zero-order valence-electron chi connectivity index (χ0n) is 31.9. The van der Waals surface area contributed by atoms with Crippen molar-refractivity contribution in [2.24, 2.45) is 0 Å². The maximum Gasteiger partial charge on any atom is 0.161 e. The van der Waals surface area contributed by atoms with Gasteiger partial charge in [-0.05, 0) is 95.0 Å². The lowest BCUT2D eigenvalue weighted by Gasteiger charge is -2.24. The fourth-order valence-corrected chi connectivity index (χ4v) is 9.34. The monoisotopic (exact) mass is 726 g/mol. The van der Waals surface area contributed by atoms with Crippen LogP contribution in [0.5, 0.6) is 0 Å². The average molecular weight is 727 g/mol. The Kier molecular flexibility index (Phi) is 7.55. The van der Waals surface area contributed by atoms with Crippen LogP contribution in [0.15, 0.2) is 194 Å². The molecule has 0 amide bonds. The van der Waals surface area contributed by atoms with Gasteiger partial charge >= 0.3 is 0 Å². The molecule has 1 aliphatic carbocycles. The first-order chi connectivity index (χ1) is 28.0. The number of nitrogens with zero attached hydrogens (tertiary/aromatic N) is 2. The third kappa shape index (κ3) is 5.40. The Balaban J connectivity index is 1.07. The van der Waals surface area contributed by atoms with E-state index in [1.165, 1.54) is 66.1 Å². The smallest absolute Gasteiger partial charge is 0.161 e. The van der Waals surface area contributed by atoms with E-state index in [9.17, 15) is 0 Å². The fraction of sp³-hybridized carbons (Fsp3) is 0.0545. The van der Waals surface area contributed by atoms with Crippen LogP contribution in [0, 0.1) is 0 Å². The molecule has 0 aliphatic heterocycles. The summed E-state index contributed by atoms with van der Waals surface area (Å²) in [4.78, 5) is 10.6. The molecule has 0 N–H and O–H groups in total. The number of aromatic nitrogens is 2.